The first-order valence-electron chi connectivity index (χ1n) is 21.9. The van der Waals surface area contributed by atoms with Crippen LogP contribution >= 0.6 is 0 Å². The molecule has 8 nitrogen and oxygen atoms in total. The van der Waals surface area contributed by atoms with E-state index in [0.29, 0.717) is 32.5 Å². The van der Waals surface area contributed by atoms with Crippen molar-refractivity contribution in [2.24, 2.45) is 0 Å². The molecule has 2 aliphatic heterocycles. The maximum absolute atomic E-state index is 15.1. The number of unbranched alkanes of at least 4 members (excludes halogenated alkanes) is 14. The van der Waals surface area contributed by atoms with Crippen LogP contribution in [0, 0.1) is 0 Å². The zero-order valence-corrected chi connectivity index (χ0v) is 35.9. The molecule has 0 saturated carbocycles. The van der Waals surface area contributed by atoms with Gasteiger partial charge in [0.1, 0.15) is 35.4 Å². The van der Waals surface area contributed by atoms with Crippen LogP contribution in [0.15, 0.2) is 0 Å². The number of carboxylic acid groups (broad SMARTS) is 2. The van der Waals surface area contributed by atoms with Gasteiger partial charge in [0.2, 0.25) is 0 Å². The van der Waals surface area contributed by atoms with Crippen LogP contribution < -0.4 is 10.2 Å². The fraction of sp³-hybridized carbons (Fsp3) is 0.955. The first-order chi connectivity index (χ1) is 24.4. The fourth-order valence-electron chi connectivity index (χ4n) is 11.3. The van der Waals surface area contributed by atoms with Crippen molar-refractivity contribution in [2.45, 2.75) is 258 Å². The molecule has 0 aromatic carbocycles. The fourth-order valence-corrected chi connectivity index (χ4v) is 11.3. The second-order valence-electron chi connectivity index (χ2n) is 19.1. The number of piperidine rings is 2. The van der Waals surface area contributed by atoms with Crippen LogP contribution in [-0.2, 0) is 19.3 Å². The van der Waals surface area contributed by atoms with Crippen molar-refractivity contribution in [3.05, 3.63) is 0 Å². The van der Waals surface area contributed by atoms with E-state index in [1.165, 1.54) is 38.5 Å². The predicted octanol–water partition coefficient (Wildman–Crippen LogP) is 9.61. The van der Waals surface area contributed by atoms with Crippen molar-refractivity contribution in [1.82, 2.24) is 0 Å². The van der Waals surface area contributed by atoms with E-state index >= 15 is 9.90 Å². The quantitative estimate of drug-likeness (QED) is 0.0616. The number of carbonyl (C=O) groups excluding carboxylic acids is 2. The van der Waals surface area contributed by atoms with Crippen molar-refractivity contribution >= 4 is 11.9 Å². The summed E-state index contributed by atoms with van der Waals surface area (Å²) in [6.07, 6.45) is 23.1. The summed E-state index contributed by atoms with van der Waals surface area (Å²) in [4.78, 5) is 41.2. The minimum Gasteiger partial charge on any atom is -0.550 e. The molecule has 0 aliphatic carbocycles. The highest BCUT2D eigenvalue weighted by Crippen LogP contribution is 2.63. The predicted molar refractivity (Wildman–Crippen MR) is 208 cm³/mol. The molecule has 2 aliphatic rings. The molecule has 0 aromatic rings. The highest BCUT2D eigenvalue weighted by atomic mass is 16.8. The van der Waals surface area contributed by atoms with Gasteiger partial charge >= 0.3 is 5.66 Å². The molecule has 52 heavy (non-hydrogen) atoms. The molecule has 0 spiro atoms. The monoisotopic (exact) mass is 737 g/mol. The van der Waals surface area contributed by atoms with E-state index in [0.717, 1.165) is 96.3 Å². The second kappa shape index (κ2) is 20.6. The van der Waals surface area contributed by atoms with Gasteiger partial charge in [-0.05, 0) is 100 Å². The van der Waals surface area contributed by atoms with E-state index in [-0.39, 0.29) is 15.7 Å². The van der Waals surface area contributed by atoms with Gasteiger partial charge in [0, 0.05) is 31.7 Å². The third kappa shape index (κ3) is 9.95. The number of nitrogens with zero attached hydrogens (tertiary/aromatic N) is 2. The van der Waals surface area contributed by atoms with Gasteiger partial charge in [0.25, 0.3) is 0 Å². The lowest BCUT2D eigenvalue weighted by Crippen LogP contribution is -2.97. The number of rotatable bonds is 27. The summed E-state index contributed by atoms with van der Waals surface area (Å²) >= 11 is 0. The van der Waals surface area contributed by atoms with Gasteiger partial charge in [-0.15, -0.1) is 9.29 Å². The average molecular weight is 737 g/mol. The molecule has 2 saturated heterocycles. The maximum Gasteiger partial charge on any atom is 0.327 e. The highest BCUT2D eigenvalue weighted by Gasteiger charge is 2.84. The minimum atomic E-state index is -1.57. The number of quaternary nitrogens is 2. The first kappa shape index (κ1) is 46.9. The Morgan fingerprint density at radius 1 is 0.519 bits per heavy atom. The first-order valence-corrected chi connectivity index (χ1v) is 21.9. The Morgan fingerprint density at radius 2 is 0.846 bits per heavy atom. The number of carbonyl (C=O) groups is 2. The molecule has 0 unspecified atom stereocenters. The molecular weight excluding hydrogens is 652 g/mol. The van der Waals surface area contributed by atoms with E-state index in [1.807, 2.05) is 0 Å². The molecule has 0 bridgehead atoms. The second-order valence-corrected chi connectivity index (χ2v) is 19.1. The molecule has 2 fully saturated rings. The molecule has 2 rings (SSSR count). The van der Waals surface area contributed by atoms with Crippen LogP contribution in [0.5, 0.6) is 0 Å². The van der Waals surface area contributed by atoms with Gasteiger partial charge in [-0.3, -0.25) is 0 Å². The third-order valence-electron chi connectivity index (χ3n) is 13.4. The third-order valence-corrected chi connectivity index (χ3v) is 13.4. The molecular formula is C44H84N2O6. The zero-order chi connectivity index (χ0) is 39.2. The number of aliphatic carboxylic acids is 2. The van der Waals surface area contributed by atoms with Gasteiger partial charge in [0.05, 0.1) is 6.42 Å². The number of hydroxylamine groups is 6. The van der Waals surface area contributed by atoms with Gasteiger partial charge in [-0.25, -0.2) is 0 Å². The van der Waals surface area contributed by atoms with E-state index in [1.54, 1.807) is 0 Å². The summed E-state index contributed by atoms with van der Waals surface area (Å²) in [6.45, 7) is 23.5. The topological polar surface area (TPSA) is 98.7 Å². The molecule has 0 N–H and O–H groups in total. The zero-order valence-electron chi connectivity index (χ0n) is 35.9. The van der Waals surface area contributed by atoms with Crippen molar-refractivity contribution < 1.29 is 38.8 Å². The van der Waals surface area contributed by atoms with E-state index in [9.17, 15) is 9.90 Å². The van der Waals surface area contributed by atoms with Crippen LogP contribution in [0.2, 0.25) is 0 Å². The Hall–Kier alpha value is -1.22. The lowest BCUT2D eigenvalue weighted by molar-refractivity contribution is -1.36. The van der Waals surface area contributed by atoms with Gasteiger partial charge in [0.15, 0.2) is 5.97 Å². The Labute approximate surface area is 320 Å². The van der Waals surface area contributed by atoms with E-state index in [2.05, 4.69) is 69.2 Å². The van der Waals surface area contributed by atoms with Crippen LogP contribution in [-0.4, -0.2) is 62.3 Å². The highest BCUT2D eigenvalue weighted by molar-refractivity contribution is 5.73. The van der Waals surface area contributed by atoms with Crippen LogP contribution in [0.1, 0.15) is 230 Å². The summed E-state index contributed by atoms with van der Waals surface area (Å²) in [6, 6.07) is 0. The van der Waals surface area contributed by atoms with Crippen LogP contribution in [0.4, 0.5) is 0 Å². The number of hydrogen-bond donors (Lipinski definition) is 0. The Morgan fingerprint density at radius 3 is 1.19 bits per heavy atom. The molecule has 0 aromatic heterocycles. The molecule has 0 amide bonds. The summed E-state index contributed by atoms with van der Waals surface area (Å²) < 4.78 is -0.0311. The lowest BCUT2D eigenvalue weighted by Gasteiger charge is -2.73. The summed E-state index contributed by atoms with van der Waals surface area (Å²) in [7, 11) is 0. The summed E-state index contributed by atoms with van der Waals surface area (Å²) in [5.74, 6) is -2.07. The summed E-state index contributed by atoms with van der Waals surface area (Å²) in [5, 5.41) is 26.2. The smallest absolute Gasteiger partial charge is 0.327 e. The Balaban J connectivity index is 2.86. The van der Waals surface area contributed by atoms with Crippen molar-refractivity contribution in [3.63, 3.8) is 0 Å². The minimum absolute atomic E-state index is 0.0155. The van der Waals surface area contributed by atoms with Crippen LogP contribution in [0.3, 0.4) is 0 Å². The SMILES string of the molecule is CCCCCCCCO[N+]1(C(CCCCCCCC(=O)[O-])(C(=O)[O-])[N+]2(OCCCCCCCC)C(C)(C)CCCC2(C)C)C(C)(C)CCCC1(C)C. The molecule has 2 heterocycles. The standard InChI is InChI=1S/C44H84N2O6/c1-11-13-15-17-22-26-36-51-45(40(3,4)31-28-32-41(45,5)6)44(39(49)50,35-25-21-19-20-24-30-38(47)48)46(52-37-27-23-18-16-14-12-2)42(7,8)33-29-34-43(46,9)10/h11-37H2,1-10H3. The van der Waals surface area contributed by atoms with E-state index < -0.39 is 39.8 Å². The number of carboxylic acids is 2. The molecule has 0 radical (unpaired) electrons. The Bertz CT molecular complexity index is 975. The number of hydrogen-bond acceptors (Lipinski definition) is 6. The normalized spacial score (nSPS) is 21.5. The van der Waals surface area contributed by atoms with Crippen LogP contribution in [0.25, 0.3) is 0 Å². The van der Waals surface area contributed by atoms with Gasteiger partial charge < -0.3 is 19.8 Å². The lowest BCUT2D eigenvalue weighted by atomic mass is 9.69. The van der Waals surface area contributed by atoms with Gasteiger partial charge in [-0.2, -0.15) is 9.68 Å². The molecule has 8 heteroatoms. The maximum atomic E-state index is 15.1. The largest absolute Gasteiger partial charge is 0.550 e. The molecule has 0 atom stereocenters. The van der Waals surface area contributed by atoms with Gasteiger partial charge in [-0.1, -0.05) is 97.3 Å². The van der Waals surface area contributed by atoms with Crippen molar-refractivity contribution in [2.75, 3.05) is 13.2 Å². The average Bonchev–Trinajstić information content (AvgIpc) is 3.03. The Kier molecular flexibility index (Phi) is 18.6. The number of likely N-dealkylation sites (tertiary alicyclic amines) is 2. The van der Waals surface area contributed by atoms with Crippen molar-refractivity contribution in [3.8, 4) is 0 Å². The summed E-state index contributed by atoms with van der Waals surface area (Å²) in [5.41, 5.74) is -3.75. The van der Waals surface area contributed by atoms with Crippen molar-refractivity contribution in [1.29, 1.82) is 0 Å². The molecule has 306 valence electrons. The van der Waals surface area contributed by atoms with E-state index in [4.69, 9.17) is 9.68 Å².